The molecular formula is C14H21F3N2S. The summed E-state index contributed by atoms with van der Waals surface area (Å²) >= 11 is 1.69. The molecule has 0 saturated carbocycles. The van der Waals surface area contributed by atoms with Gasteiger partial charge < -0.3 is 5.73 Å². The van der Waals surface area contributed by atoms with Gasteiger partial charge in [0, 0.05) is 30.0 Å². The van der Waals surface area contributed by atoms with Gasteiger partial charge in [-0.05, 0) is 25.8 Å². The van der Waals surface area contributed by atoms with Gasteiger partial charge in [-0.15, -0.1) is 0 Å². The maximum Gasteiger partial charge on any atom is 0.161 e. The maximum absolute atomic E-state index is 13.9. The SMILES string of the molecule is CCC(CSC)N(C)C(CN)c1cc(F)c(F)cc1F. The molecule has 0 aliphatic heterocycles. The summed E-state index contributed by atoms with van der Waals surface area (Å²) in [6.45, 7) is 2.18. The summed E-state index contributed by atoms with van der Waals surface area (Å²) in [5.41, 5.74) is 5.83. The van der Waals surface area contributed by atoms with E-state index in [0.717, 1.165) is 18.2 Å². The van der Waals surface area contributed by atoms with Crippen molar-refractivity contribution in [2.75, 3.05) is 25.6 Å². The van der Waals surface area contributed by atoms with Gasteiger partial charge in [-0.2, -0.15) is 11.8 Å². The first-order valence-electron chi connectivity index (χ1n) is 6.51. The van der Waals surface area contributed by atoms with Crippen molar-refractivity contribution in [1.82, 2.24) is 4.90 Å². The van der Waals surface area contributed by atoms with Crippen molar-refractivity contribution in [3.63, 3.8) is 0 Å². The average molecular weight is 306 g/mol. The second-order valence-corrected chi connectivity index (χ2v) is 5.63. The minimum Gasteiger partial charge on any atom is -0.329 e. The quantitative estimate of drug-likeness (QED) is 0.785. The van der Waals surface area contributed by atoms with Gasteiger partial charge in [-0.25, -0.2) is 13.2 Å². The van der Waals surface area contributed by atoms with E-state index in [0.29, 0.717) is 6.07 Å². The van der Waals surface area contributed by atoms with Gasteiger partial charge in [-0.3, -0.25) is 4.90 Å². The fourth-order valence-electron chi connectivity index (χ4n) is 2.28. The van der Waals surface area contributed by atoms with Crippen LogP contribution in [0.25, 0.3) is 0 Å². The fourth-order valence-corrected chi connectivity index (χ4v) is 3.13. The van der Waals surface area contributed by atoms with Gasteiger partial charge in [-0.1, -0.05) is 6.92 Å². The third kappa shape index (κ3) is 3.90. The lowest BCUT2D eigenvalue weighted by Crippen LogP contribution is -2.40. The molecule has 1 aromatic carbocycles. The van der Waals surface area contributed by atoms with Crippen LogP contribution in [0.5, 0.6) is 0 Å². The summed E-state index contributed by atoms with van der Waals surface area (Å²) in [5, 5.41) is 0. The average Bonchev–Trinajstić information content (AvgIpc) is 2.42. The molecule has 0 aliphatic carbocycles. The Labute approximate surface area is 122 Å². The normalized spacial score (nSPS) is 14.6. The van der Waals surface area contributed by atoms with Crippen molar-refractivity contribution in [3.05, 3.63) is 35.1 Å². The van der Waals surface area contributed by atoms with E-state index < -0.39 is 23.5 Å². The van der Waals surface area contributed by atoms with E-state index in [9.17, 15) is 13.2 Å². The molecule has 114 valence electrons. The number of benzene rings is 1. The van der Waals surface area contributed by atoms with Crippen LogP contribution in [0, 0.1) is 17.5 Å². The smallest absolute Gasteiger partial charge is 0.161 e. The van der Waals surface area contributed by atoms with Crippen molar-refractivity contribution in [3.8, 4) is 0 Å². The zero-order chi connectivity index (χ0) is 15.3. The zero-order valence-electron chi connectivity index (χ0n) is 12.0. The van der Waals surface area contributed by atoms with E-state index >= 15 is 0 Å². The number of hydrogen-bond donors (Lipinski definition) is 1. The lowest BCUT2D eigenvalue weighted by atomic mass is 10.0. The summed E-state index contributed by atoms with van der Waals surface area (Å²) in [6, 6.07) is 1.22. The number of halogens is 3. The Morgan fingerprint density at radius 2 is 1.80 bits per heavy atom. The van der Waals surface area contributed by atoms with Crippen LogP contribution in [0.4, 0.5) is 13.2 Å². The Morgan fingerprint density at radius 1 is 1.20 bits per heavy atom. The highest BCUT2D eigenvalue weighted by Crippen LogP contribution is 2.26. The van der Waals surface area contributed by atoms with E-state index in [1.807, 2.05) is 25.1 Å². The molecule has 1 rings (SSSR count). The maximum atomic E-state index is 13.9. The molecule has 0 heterocycles. The molecule has 0 saturated heterocycles. The molecule has 20 heavy (non-hydrogen) atoms. The first kappa shape index (κ1) is 17.3. The van der Waals surface area contributed by atoms with E-state index in [2.05, 4.69) is 0 Å². The highest BCUT2D eigenvalue weighted by molar-refractivity contribution is 7.98. The Bertz CT molecular complexity index is 443. The second kappa shape index (κ2) is 7.90. The van der Waals surface area contributed by atoms with Gasteiger partial charge in [0.1, 0.15) is 5.82 Å². The predicted molar refractivity (Wildman–Crippen MR) is 78.3 cm³/mol. The van der Waals surface area contributed by atoms with Gasteiger partial charge in [0.05, 0.1) is 6.04 Å². The lowest BCUT2D eigenvalue weighted by Gasteiger charge is -2.34. The molecule has 0 fully saturated rings. The number of thioether (sulfide) groups is 1. The minimum atomic E-state index is -1.18. The van der Waals surface area contributed by atoms with Crippen molar-refractivity contribution in [1.29, 1.82) is 0 Å². The van der Waals surface area contributed by atoms with E-state index in [1.165, 1.54) is 0 Å². The summed E-state index contributed by atoms with van der Waals surface area (Å²) in [6.07, 6.45) is 2.87. The Morgan fingerprint density at radius 3 is 2.30 bits per heavy atom. The lowest BCUT2D eigenvalue weighted by molar-refractivity contribution is 0.184. The van der Waals surface area contributed by atoms with E-state index in [-0.39, 0.29) is 18.2 Å². The van der Waals surface area contributed by atoms with Crippen LogP contribution >= 0.6 is 11.8 Å². The summed E-state index contributed by atoms with van der Waals surface area (Å²) in [4.78, 5) is 1.94. The standard InChI is InChI=1S/C14H21F3N2S/c1-4-9(8-20-3)19(2)14(7-18)10-5-12(16)13(17)6-11(10)15/h5-6,9,14H,4,7-8,18H2,1-3H3. The molecule has 2 nitrogen and oxygen atoms in total. The van der Waals surface area contributed by atoms with Crippen molar-refractivity contribution in [2.24, 2.45) is 5.73 Å². The molecular weight excluding hydrogens is 285 g/mol. The highest BCUT2D eigenvalue weighted by atomic mass is 32.2. The van der Waals surface area contributed by atoms with Gasteiger partial charge in [0.15, 0.2) is 11.6 Å². The van der Waals surface area contributed by atoms with Crippen LogP contribution < -0.4 is 5.73 Å². The van der Waals surface area contributed by atoms with Crippen LogP contribution in [0.2, 0.25) is 0 Å². The first-order chi connectivity index (χ1) is 9.46. The topological polar surface area (TPSA) is 29.3 Å². The monoisotopic (exact) mass is 306 g/mol. The molecule has 0 amide bonds. The van der Waals surface area contributed by atoms with Crippen molar-refractivity contribution >= 4 is 11.8 Å². The second-order valence-electron chi connectivity index (χ2n) is 4.72. The Kier molecular flexibility index (Phi) is 6.85. The van der Waals surface area contributed by atoms with Crippen molar-refractivity contribution < 1.29 is 13.2 Å². The highest BCUT2D eigenvalue weighted by Gasteiger charge is 2.25. The Balaban J connectivity index is 3.09. The molecule has 0 bridgehead atoms. The van der Waals surface area contributed by atoms with E-state index in [4.69, 9.17) is 5.73 Å². The predicted octanol–water partition coefficient (Wildman–Crippen LogP) is 3.18. The molecule has 6 heteroatoms. The van der Waals surface area contributed by atoms with Crippen molar-refractivity contribution in [2.45, 2.75) is 25.4 Å². The molecule has 2 N–H and O–H groups in total. The summed E-state index contributed by atoms with van der Waals surface area (Å²) in [5.74, 6) is -2.12. The first-order valence-corrected chi connectivity index (χ1v) is 7.90. The fraction of sp³-hybridized carbons (Fsp3) is 0.571. The number of nitrogens with zero attached hydrogens (tertiary/aromatic N) is 1. The third-order valence-electron chi connectivity index (χ3n) is 3.52. The minimum absolute atomic E-state index is 0.105. The number of hydrogen-bond acceptors (Lipinski definition) is 3. The summed E-state index contributed by atoms with van der Waals surface area (Å²) in [7, 11) is 1.84. The summed E-state index contributed by atoms with van der Waals surface area (Å²) < 4.78 is 40.2. The van der Waals surface area contributed by atoms with Crippen LogP contribution in [0.3, 0.4) is 0 Å². The molecule has 1 aromatic rings. The third-order valence-corrected chi connectivity index (χ3v) is 4.24. The van der Waals surface area contributed by atoms with E-state index in [1.54, 1.807) is 11.8 Å². The molecule has 0 aromatic heterocycles. The molecule has 0 spiro atoms. The van der Waals surface area contributed by atoms with Gasteiger partial charge >= 0.3 is 0 Å². The number of rotatable bonds is 7. The largest absolute Gasteiger partial charge is 0.329 e. The molecule has 2 unspecified atom stereocenters. The van der Waals surface area contributed by atoms with Crippen LogP contribution in [0.1, 0.15) is 24.9 Å². The molecule has 0 radical (unpaired) electrons. The molecule has 0 aliphatic rings. The van der Waals surface area contributed by atoms with Gasteiger partial charge in [0.2, 0.25) is 0 Å². The number of nitrogens with two attached hydrogens (primary N) is 1. The Hall–Kier alpha value is -0.720. The van der Waals surface area contributed by atoms with Crippen LogP contribution in [-0.2, 0) is 0 Å². The number of likely N-dealkylation sites (N-methyl/N-ethyl adjacent to an activating group) is 1. The van der Waals surface area contributed by atoms with Crippen LogP contribution in [-0.4, -0.2) is 36.5 Å². The van der Waals surface area contributed by atoms with Crippen LogP contribution in [0.15, 0.2) is 12.1 Å². The van der Waals surface area contributed by atoms with Gasteiger partial charge in [0.25, 0.3) is 0 Å². The molecule has 2 atom stereocenters. The zero-order valence-corrected chi connectivity index (χ0v) is 12.8.